The molecule has 2 bridgehead atoms. The fourth-order valence-electron chi connectivity index (χ4n) is 7.27. The monoisotopic (exact) mass is 401 g/mol. The third kappa shape index (κ3) is 2.71. The first-order valence-electron chi connectivity index (χ1n) is 11.7. The van der Waals surface area contributed by atoms with E-state index in [4.69, 9.17) is 0 Å². The van der Waals surface area contributed by atoms with Crippen molar-refractivity contribution in [2.24, 2.45) is 11.3 Å². The first-order chi connectivity index (χ1) is 14.6. The number of aromatic hydroxyl groups is 1. The Kier molecular flexibility index (Phi) is 4.15. The minimum atomic E-state index is -0.144. The van der Waals surface area contributed by atoms with Gasteiger partial charge < -0.3 is 5.11 Å². The molecule has 3 fully saturated rings. The Balaban J connectivity index is 1.54. The average molecular weight is 402 g/mol. The Bertz CT molecular complexity index is 982. The van der Waals surface area contributed by atoms with Crippen LogP contribution in [0.1, 0.15) is 55.2 Å². The van der Waals surface area contributed by atoms with Crippen molar-refractivity contribution in [3.8, 4) is 5.75 Å². The predicted octanol–water partition coefficient (Wildman–Crippen LogP) is 4.65. The lowest BCUT2D eigenvalue weighted by Gasteiger charge is -2.66. The second-order valence-electron chi connectivity index (χ2n) is 10.4. The molecule has 1 aliphatic heterocycles. The van der Waals surface area contributed by atoms with E-state index in [2.05, 4.69) is 41.3 Å². The number of nitrogens with zero attached hydrogens (tertiary/aromatic N) is 1. The van der Waals surface area contributed by atoms with Gasteiger partial charge in [0.25, 0.3) is 0 Å². The number of Topliss-reactive ketones (excluding diaryl/α,β-unsaturated/α-hetero) is 1. The molecule has 4 aliphatic rings. The number of carbonyl (C=O) groups is 1. The molecule has 0 spiro atoms. The van der Waals surface area contributed by atoms with E-state index < -0.39 is 0 Å². The van der Waals surface area contributed by atoms with Crippen LogP contribution < -0.4 is 0 Å². The topological polar surface area (TPSA) is 40.5 Å². The van der Waals surface area contributed by atoms with Gasteiger partial charge in [0.2, 0.25) is 0 Å². The maximum absolute atomic E-state index is 12.9. The zero-order valence-corrected chi connectivity index (χ0v) is 17.6. The van der Waals surface area contributed by atoms with E-state index in [9.17, 15) is 9.90 Å². The van der Waals surface area contributed by atoms with Gasteiger partial charge in [-0.15, -0.1) is 0 Å². The second-order valence-corrected chi connectivity index (χ2v) is 10.4. The molecule has 1 heterocycles. The number of fused-ring (bicyclic) bond motifs is 1. The SMILES string of the molecule is O=C1CC[C@@]2(Cc3ccccc3)[C@H]3Cc4ccc(O)cc4[C@@]2(CCN3CC2CC2)C1. The first kappa shape index (κ1) is 18.6. The van der Waals surface area contributed by atoms with Gasteiger partial charge in [-0.2, -0.15) is 0 Å². The van der Waals surface area contributed by atoms with Crippen LogP contribution in [0.5, 0.6) is 5.75 Å². The molecule has 0 amide bonds. The summed E-state index contributed by atoms with van der Waals surface area (Å²) in [6.07, 6.45) is 8.19. The van der Waals surface area contributed by atoms with Crippen LogP contribution in [0.2, 0.25) is 0 Å². The van der Waals surface area contributed by atoms with Crippen molar-refractivity contribution >= 4 is 5.78 Å². The third-order valence-corrected chi connectivity index (χ3v) is 8.78. The van der Waals surface area contributed by atoms with Crippen LogP contribution in [0.15, 0.2) is 48.5 Å². The van der Waals surface area contributed by atoms with E-state index in [1.807, 2.05) is 12.1 Å². The quantitative estimate of drug-likeness (QED) is 0.811. The minimum Gasteiger partial charge on any atom is -0.508 e. The molecule has 3 aliphatic carbocycles. The summed E-state index contributed by atoms with van der Waals surface area (Å²) in [6, 6.07) is 17.4. The second kappa shape index (κ2) is 6.68. The summed E-state index contributed by atoms with van der Waals surface area (Å²) in [5.74, 6) is 1.62. The molecule has 3 atom stereocenters. The standard InChI is InChI=1S/C27H31NO2/c29-22-9-8-21-14-25-27(16-19-4-2-1-3-5-19)11-10-23(30)17-26(27,24(21)15-22)12-13-28(25)18-20-6-7-20/h1-5,8-9,15,20,25,29H,6-7,10-14,16-18H2/t25-,26-,27-/m1/s1. The molecular weight excluding hydrogens is 370 g/mol. The zero-order chi connectivity index (χ0) is 20.3. The molecule has 6 rings (SSSR count). The number of rotatable bonds is 4. The first-order valence-corrected chi connectivity index (χ1v) is 11.7. The maximum atomic E-state index is 12.9. The summed E-state index contributed by atoms with van der Waals surface area (Å²) in [4.78, 5) is 15.7. The molecule has 1 saturated heterocycles. The van der Waals surface area contributed by atoms with E-state index >= 15 is 0 Å². The number of hydrogen-bond acceptors (Lipinski definition) is 3. The molecule has 3 nitrogen and oxygen atoms in total. The van der Waals surface area contributed by atoms with E-state index in [0.717, 1.165) is 38.1 Å². The predicted molar refractivity (Wildman–Crippen MR) is 118 cm³/mol. The Morgan fingerprint density at radius 1 is 1.07 bits per heavy atom. The third-order valence-electron chi connectivity index (χ3n) is 8.78. The van der Waals surface area contributed by atoms with Crippen molar-refractivity contribution in [1.82, 2.24) is 4.90 Å². The van der Waals surface area contributed by atoms with Crippen molar-refractivity contribution in [3.63, 3.8) is 0 Å². The van der Waals surface area contributed by atoms with Crippen molar-refractivity contribution in [2.45, 2.75) is 62.8 Å². The largest absolute Gasteiger partial charge is 0.508 e. The Hall–Kier alpha value is -2.13. The number of phenols is 1. The summed E-state index contributed by atoms with van der Waals surface area (Å²) in [6.45, 7) is 2.30. The number of hydrogen-bond donors (Lipinski definition) is 1. The highest BCUT2D eigenvalue weighted by Gasteiger charge is 2.64. The van der Waals surface area contributed by atoms with E-state index in [1.165, 1.54) is 36.1 Å². The highest BCUT2D eigenvalue weighted by Crippen LogP contribution is 2.64. The Morgan fingerprint density at radius 2 is 1.90 bits per heavy atom. The lowest BCUT2D eigenvalue weighted by molar-refractivity contribution is -0.139. The molecule has 30 heavy (non-hydrogen) atoms. The fourth-order valence-corrected chi connectivity index (χ4v) is 7.27. The minimum absolute atomic E-state index is 0.0657. The number of ketones is 1. The van der Waals surface area contributed by atoms with Gasteiger partial charge in [-0.05, 0) is 79.8 Å². The normalized spacial score (nSPS) is 33.1. The highest BCUT2D eigenvalue weighted by atomic mass is 16.3. The van der Waals surface area contributed by atoms with Crippen LogP contribution in [-0.2, 0) is 23.1 Å². The van der Waals surface area contributed by atoms with Crippen LogP contribution in [0.4, 0.5) is 0 Å². The molecule has 156 valence electrons. The lowest BCUT2D eigenvalue weighted by atomic mass is 9.42. The highest BCUT2D eigenvalue weighted by molar-refractivity contribution is 5.82. The Morgan fingerprint density at radius 3 is 2.70 bits per heavy atom. The maximum Gasteiger partial charge on any atom is 0.133 e. The summed E-state index contributed by atoms with van der Waals surface area (Å²) in [5, 5.41) is 10.4. The molecule has 2 aromatic rings. The number of phenolic OH excluding ortho intramolecular Hbond substituents is 1. The van der Waals surface area contributed by atoms with E-state index in [0.29, 0.717) is 30.4 Å². The van der Waals surface area contributed by atoms with Gasteiger partial charge in [-0.25, -0.2) is 0 Å². The molecule has 0 unspecified atom stereocenters. The van der Waals surface area contributed by atoms with Gasteiger partial charge in [0.15, 0.2) is 0 Å². The van der Waals surface area contributed by atoms with Gasteiger partial charge >= 0.3 is 0 Å². The van der Waals surface area contributed by atoms with Crippen LogP contribution in [-0.4, -0.2) is 34.9 Å². The van der Waals surface area contributed by atoms with Crippen LogP contribution in [0.3, 0.4) is 0 Å². The van der Waals surface area contributed by atoms with Crippen LogP contribution in [0.25, 0.3) is 0 Å². The van der Waals surface area contributed by atoms with E-state index in [-0.39, 0.29) is 10.8 Å². The fraction of sp³-hybridized carbons (Fsp3) is 0.519. The van der Waals surface area contributed by atoms with Crippen molar-refractivity contribution in [1.29, 1.82) is 0 Å². The average Bonchev–Trinajstić information content (AvgIpc) is 3.56. The van der Waals surface area contributed by atoms with Crippen LogP contribution in [0, 0.1) is 11.3 Å². The van der Waals surface area contributed by atoms with Gasteiger partial charge in [0.05, 0.1) is 0 Å². The van der Waals surface area contributed by atoms with Crippen LogP contribution >= 0.6 is 0 Å². The number of carbonyl (C=O) groups excluding carboxylic acids is 1. The lowest BCUT2D eigenvalue weighted by Crippen LogP contribution is -2.69. The van der Waals surface area contributed by atoms with Gasteiger partial charge in [0.1, 0.15) is 11.5 Å². The molecular formula is C27H31NO2. The van der Waals surface area contributed by atoms with Crippen molar-refractivity contribution < 1.29 is 9.90 Å². The number of benzene rings is 2. The smallest absolute Gasteiger partial charge is 0.133 e. The number of piperidine rings is 1. The van der Waals surface area contributed by atoms with Gasteiger partial charge in [-0.3, -0.25) is 9.69 Å². The zero-order valence-electron chi connectivity index (χ0n) is 17.6. The summed E-state index contributed by atoms with van der Waals surface area (Å²) in [7, 11) is 0. The molecule has 2 aromatic carbocycles. The molecule has 0 aromatic heterocycles. The molecule has 3 heteroatoms. The summed E-state index contributed by atoms with van der Waals surface area (Å²) in [5.41, 5.74) is 3.94. The van der Waals surface area contributed by atoms with Gasteiger partial charge in [0, 0.05) is 36.3 Å². The summed E-state index contributed by atoms with van der Waals surface area (Å²) < 4.78 is 0. The summed E-state index contributed by atoms with van der Waals surface area (Å²) >= 11 is 0. The Labute approximate surface area is 179 Å². The molecule has 2 saturated carbocycles. The van der Waals surface area contributed by atoms with Crippen molar-refractivity contribution in [3.05, 3.63) is 65.2 Å². The van der Waals surface area contributed by atoms with Crippen molar-refractivity contribution in [2.75, 3.05) is 13.1 Å². The van der Waals surface area contributed by atoms with Gasteiger partial charge in [-0.1, -0.05) is 36.4 Å². The molecule has 0 radical (unpaired) electrons. The number of likely N-dealkylation sites (tertiary alicyclic amines) is 1. The molecule has 1 N–H and O–H groups in total. The van der Waals surface area contributed by atoms with E-state index in [1.54, 1.807) is 0 Å².